The van der Waals surface area contributed by atoms with E-state index in [0.717, 1.165) is 11.3 Å². The van der Waals surface area contributed by atoms with Gasteiger partial charge in [0.05, 0.1) is 13.1 Å². The lowest BCUT2D eigenvalue weighted by Gasteiger charge is -2.26. The predicted octanol–water partition coefficient (Wildman–Crippen LogP) is 1.75. The molecule has 0 saturated carbocycles. The minimum atomic E-state index is -0.918. The average molecular weight is 278 g/mol. The number of aliphatic carboxylic acids is 1. The number of para-hydroxylation sites is 1. The largest absolute Gasteiger partial charge is 0.480 e. The first-order chi connectivity index (χ1) is 9.49. The molecular formula is C15H22N2O3. The molecule has 0 aliphatic carbocycles. The molecule has 20 heavy (non-hydrogen) atoms. The minimum Gasteiger partial charge on any atom is -0.480 e. The van der Waals surface area contributed by atoms with Crippen LogP contribution in [-0.4, -0.2) is 48.1 Å². The average Bonchev–Trinajstić information content (AvgIpc) is 2.40. The monoisotopic (exact) mass is 278 g/mol. The van der Waals surface area contributed by atoms with Crippen LogP contribution in [0.15, 0.2) is 24.3 Å². The maximum absolute atomic E-state index is 12.4. The van der Waals surface area contributed by atoms with Crippen molar-refractivity contribution < 1.29 is 14.7 Å². The third-order valence-electron chi connectivity index (χ3n) is 3.19. The van der Waals surface area contributed by atoms with E-state index in [1.807, 2.05) is 45.0 Å². The molecule has 1 aromatic carbocycles. The Morgan fingerprint density at radius 1 is 1.10 bits per heavy atom. The van der Waals surface area contributed by atoms with Crippen molar-refractivity contribution >= 4 is 17.6 Å². The zero-order chi connectivity index (χ0) is 15.1. The highest BCUT2D eigenvalue weighted by molar-refractivity contribution is 5.95. The molecule has 0 atom stereocenters. The molecule has 0 heterocycles. The lowest BCUT2D eigenvalue weighted by molar-refractivity contribution is -0.138. The van der Waals surface area contributed by atoms with Crippen LogP contribution < -0.4 is 4.90 Å². The number of nitrogens with zero attached hydrogens (tertiary/aromatic N) is 2. The summed E-state index contributed by atoms with van der Waals surface area (Å²) < 4.78 is 0. The van der Waals surface area contributed by atoms with Crippen molar-refractivity contribution in [3.05, 3.63) is 29.8 Å². The Labute approximate surface area is 119 Å². The second kappa shape index (κ2) is 7.65. The molecule has 1 N–H and O–H groups in total. The number of amides is 1. The summed E-state index contributed by atoms with van der Waals surface area (Å²) >= 11 is 0. The number of rotatable bonds is 7. The van der Waals surface area contributed by atoms with E-state index in [1.165, 1.54) is 0 Å². The van der Waals surface area contributed by atoms with Crippen molar-refractivity contribution in [2.24, 2.45) is 0 Å². The van der Waals surface area contributed by atoms with Gasteiger partial charge in [-0.15, -0.1) is 0 Å². The number of hydrogen-bond donors (Lipinski definition) is 1. The van der Waals surface area contributed by atoms with Crippen molar-refractivity contribution in [2.75, 3.05) is 31.1 Å². The molecule has 5 nitrogen and oxygen atoms in total. The van der Waals surface area contributed by atoms with Gasteiger partial charge in [0.25, 0.3) is 0 Å². The SMILES string of the molecule is CCN(CC(=O)O)CC(=O)N(CC)c1ccccc1C. The van der Waals surface area contributed by atoms with Gasteiger partial charge in [0.1, 0.15) is 0 Å². The fourth-order valence-electron chi connectivity index (χ4n) is 2.09. The number of likely N-dealkylation sites (N-methyl/N-ethyl adjacent to an activating group) is 2. The molecule has 0 unspecified atom stereocenters. The third-order valence-corrected chi connectivity index (χ3v) is 3.19. The Morgan fingerprint density at radius 2 is 1.75 bits per heavy atom. The first kappa shape index (κ1) is 16.2. The van der Waals surface area contributed by atoms with Crippen LogP contribution in [0.4, 0.5) is 5.69 Å². The van der Waals surface area contributed by atoms with Gasteiger partial charge < -0.3 is 10.0 Å². The number of carboxylic acids is 1. The molecule has 1 amide bonds. The molecule has 0 aliphatic rings. The number of hydrogen-bond acceptors (Lipinski definition) is 3. The molecule has 5 heteroatoms. The lowest BCUT2D eigenvalue weighted by Crippen LogP contribution is -2.42. The van der Waals surface area contributed by atoms with Gasteiger partial charge in [0, 0.05) is 12.2 Å². The van der Waals surface area contributed by atoms with E-state index in [-0.39, 0.29) is 19.0 Å². The summed E-state index contributed by atoms with van der Waals surface area (Å²) in [6, 6.07) is 7.69. The number of anilines is 1. The van der Waals surface area contributed by atoms with E-state index in [4.69, 9.17) is 5.11 Å². The normalized spacial score (nSPS) is 10.6. The summed E-state index contributed by atoms with van der Waals surface area (Å²) in [6.45, 7) is 6.81. The van der Waals surface area contributed by atoms with Crippen molar-refractivity contribution in [3.63, 3.8) is 0 Å². The highest BCUT2D eigenvalue weighted by atomic mass is 16.4. The molecule has 0 bridgehead atoms. The number of carbonyl (C=O) groups is 2. The fourth-order valence-corrected chi connectivity index (χ4v) is 2.09. The van der Waals surface area contributed by atoms with Crippen LogP contribution in [0.5, 0.6) is 0 Å². The van der Waals surface area contributed by atoms with E-state index in [2.05, 4.69) is 0 Å². The smallest absolute Gasteiger partial charge is 0.317 e. The Hall–Kier alpha value is -1.88. The number of benzene rings is 1. The fraction of sp³-hybridized carbons (Fsp3) is 0.467. The standard InChI is InChI=1S/C15H22N2O3/c1-4-16(11-15(19)20)10-14(18)17(5-2)13-9-7-6-8-12(13)3/h6-9H,4-5,10-11H2,1-3H3,(H,19,20). The van der Waals surface area contributed by atoms with E-state index in [1.54, 1.807) is 9.80 Å². The first-order valence-electron chi connectivity index (χ1n) is 6.79. The second-order valence-corrected chi connectivity index (χ2v) is 4.62. The van der Waals surface area contributed by atoms with Gasteiger partial charge in [-0.05, 0) is 32.0 Å². The van der Waals surface area contributed by atoms with E-state index >= 15 is 0 Å². The van der Waals surface area contributed by atoms with Crippen LogP contribution in [0.2, 0.25) is 0 Å². The predicted molar refractivity (Wildman–Crippen MR) is 79.0 cm³/mol. The lowest BCUT2D eigenvalue weighted by atomic mass is 10.2. The summed E-state index contributed by atoms with van der Waals surface area (Å²) in [6.07, 6.45) is 0. The molecule has 1 rings (SSSR count). The van der Waals surface area contributed by atoms with Gasteiger partial charge >= 0.3 is 5.97 Å². The molecule has 0 aliphatic heterocycles. The van der Waals surface area contributed by atoms with Gasteiger partial charge in [0.2, 0.25) is 5.91 Å². The third kappa shape index (κ3) is 4.35. The number of carboxylic acid groups (broad SMARTS) is 1. The Balaban J connectivity index is 2.82. The van der Waals surface area contributed by atoms with Crippen LogP contribution >= 0.6 is 0 Å². The molecule has 0 spiro atoms. The summed E-state index contributed by atoms with van der Waals surface area (Å²) in [7, 11) is 0. The van der Waals surface area contributed by atoms with E-state index < -0.39 is 5.97 Å². The Kier molecular flexibility index (Phi) is 6.18. The first-order valence-corrected chi connectivity index (χ1v) is 6.79. The highest BCUT2D eigenvalue weighted by Gasteiger charge is 2.19. The van der Waals surface area contributed by atoms with Crippen LogP contribution in [0.3, 0.4) is 0 Å². The molecule has 110 valence electrons. The zero-order valence-corrected chi connectivity index (χ0v) is 12.3. The summed E-state index contributed by atoms with van der Waals surface area (Å²) in [5.41, 5.74) is 1.91. The Bertz CT molecular complexity index is 474. The quantitative estimate of drug-likeness (QED) is 0.825. The summed E-state index contributed by atoms with van der Waals surface area (Å²) in [5.74, 6) is -0.997. The summed E-state index contributed by atoms with van der Waals surface area (Å²) in [4.78, 5) is 26.4. The van der Waals surface area contributed by atoms with Gasteiger partial charge in [0.15, 0.2) is 0 Å². The van der Waals surface area contributed by atoms with Crippen molar-refractivity contribution in [1.82, 2.24) is 4.90 Å². The van der Waals surface area contributed by atoms with Gasteiger partial charge in [-0.3, -0.25) is 14.5 Å². The van der Waals surface area contributed by atoms with Crippen molar-refractivity contribution in [2.45, 2.75) is 20.8 Å². The van der Waals surface area contributed by atoms with Crippen LogP contribution in [0.1, 0.15) is 19.4 Å². The zero-order valence-electron chi connectivity index (χ0n) is 12.3. The van der Waals surface area contributed by atoms with Crippen LogP contribution in [-0.2, 0) is 9.59 Å². The molecule has 0 aromatic heterocycles. The maximum Gasteiger partial charge on any atom is 0.317 e. The minimum absolute atomic E-state index is 0.0788. The van der Waals surface area contributed by atoms with Crippen LogP contribution in [0, 0.1) is 6.92 Å². The summed E-state index contributed by atoms with van der Waals surface area (Å²) in [5, 5.41) is 8.82. The molecule has 0 fully saturated rings. The maximum atomic E-state index is 12.4. The van der Waals surface area contributed by atoms with E-state index in [0.29, 0.717) is 13.1 Å². The topological polar surface area (TPSA) is 60.9 Å². The van der Waals surface area contributed by atoms with Gasteiger partial charge in [-0.1, -0.05) is 25.1 Å². The van der Waals surface area contributed by atoms with E-state index in [9.17, 15) is 9.59 Å². The molecular weight excluding hydrogens is 256 g/mol. The Morgan fingerprint density at radius 3 is 2.25 bits per heavy atom. The van der Waals surface area contributed by atoms with Crippen LogP contribution in [0.25, 0.3) is 0 Å². The number of aryl methyl sites for hydroxylation is 1. The molecule has 1 aromatic rings. The molecule has 0 radical (unpaired) electrons. The van der Waals surface area contributed by atoms with Gasteiger partial charge in [-0.25, -0.2) is 0 Å². The second-order valence-electron chi connectivity index (χ2n) is 4.62. The van der Waals surface area contributed by atoms with Gasteiger partial charge in [-0.2, -0.15) is 0 Å². The van der Waals surface area contributed by atoms with Crippen molar-refractivity contribution in [1.29, 1.82) is 0 Å². The highest BCUT2D eigenvalue weighted by Crippen LogP contribution is 2.19. The van der Waals surface area contributed by atoms with Crippen molar-refractivity contribution in [3.8, 4) is 0 Å². The molecule has 0 saturated heterocycles. The number of carbonyl (C=O) groups excluding carboxylic acids is 1.